The number of nitrogens with zero attached hydrogens (tertiary/aromatic N) is 1. The molecule has 1 unspecified atom stereocenters. The number of nitrogens with one attached hydrogen (secondary N) is 2. The summed E-state index contributed by atoms with van der Waals surface area (Å²) in [4.78, 5) is 14.6. The first-order chi connectivity index (χ1) is 13.1. The molecule has 144 valence electrons. The van der Waals surface area contributed by atoms with Crippen LogP contribution in [0.4, 0.5) is 11.4 Å². The van der Waals surface area contributed by atoms with Crippen molar-refractivity contribution < 1.29 is 4.79 Å². The van der Waals surface area contributed by atoms with Gasteiger partial charge in [0, 0.05) is 43.5 Å². The van der Waals surface area contributed by atoms with Crippen molar-refractivity contribution in [3.8, 4) is 0 Å². The van der Waals surface area contributed by atoms with Crippen LogP contribution in [0.5, 0.6) is 0 Å². The van der Waals surface area contributed by atoms with Gasteiger partial charge in [-0.3, -0.25) is 4.79 Å². The molecule has 2 aromatic rings. The highest BCUT2D eigenvalue weighted by Gasteiger charge is 2.16. The topological polar surface area (TPSA) is 44.4 Å². The van der Waals surface area contributed by atoms with Gasteiger partial charge >= 0.3 is 0 Å². The molecule has 1 heterocycles. The minimum atomic E-state index is 0.0438. The first-order valence-electron chi connectivity index (χ1n) is 10.0. The van der Waals surface area contributed by atoms with E-state index in [0.29, 0.717) is 13.0 Å². The smallest absolute Gasteiger partial charge is 0.225 e. The number of piperidine rings is 1. The highest BCUT2D eigenvalue weighted by molar-refractivity contribution is 5.91. The largest absolute Gasteiger partial charge is 0.372 e. The van der Waals surface area contributed by atoms with Crippen LogP contribution in [0.3, 0.4) is 0 Å². The Morgan fingerprint density at radius 2 is 1.74 bits per heavy atom. The molecule has 0 aromatic heterocycles. The second-order valence-electron chi connectivity index (χ2n) is 7.60. The zero-order valence-electron chi connectivity index (χ0n) is 16.4. The Kier molecular flexibility index (Phi) is 6.88. The van der Waals surface area contributed by atoms with Crippen molar-refractivity contribution in [2.75, 3.05) is 29.9 Å². The zero-order valence-corrected chi connectivity index (χ0v) is 16.4. The quantitative estimate of drug-likeness (QED) is 0.753. The molecule has 1 atom stereocenters. The van der Waals surface area contributed by atoms with E-state index in [2.05, 4.69) is 53.6 Å². The summed E-state index contributed by atoms with van der Waals surface area (Å²) < 4.78 is 0. The number of carbonyl (C=O) groups excluding carboxylic acids is 1. The molecule has 3 rings (SSSR count). The van der Waals surface area contributed by atoms with Gasteiger partial charge in [0.2, 0.25) is 5.91 Å². The number of benzene rings is 2. The first-order valence-corrected chi connectivity index (χ1v) is 10.0. The van der Waals surface area contributed by atoms with Crippen molar-refractivity contribution in [1.29, 1.82) is 0 Å². The summed E-state index contributed by atoms with van der Waals surface area (Å²) in [6.45, 7) is 7.35. The molecule has 0 radical (unpaired) electrons. The molecule has 0 bridgehead atoms. The molecule has 0 saturated carbocycles. The Hall–Kier alpha value is -2.33. The maximum absolute atomic E-state index is 12.2. The van der Waals surface area contributed by atoms with Crippen LogP contribution in [-0.4, -0.2) is 25.5 Å². The third-order valence-corrected chi connectivity index (χ3v) is 5.40. The lowest BCUT2D eigenvalue weighted by Gasteiger charge is -2.32. The van der Waals surface area contributed by atoms with Crippen LogP contribution >= 0.6 is 0 Å². The van der Waals surface area contributed by atoms with Crippen LogP contribution < -0.4 is 15.5 Å². The Morgan fingerprint density at radius 1 is 1.07 bits per heavy atom. The summed E-state index contributed by atoms with van der Waals surface area (Å²) in [6.07, 6.45) is 2.97. The molecule has 0 spiro atoms. The number of carbonyl (C=O) groups is 1. The van der Waals surface area contributed by atoms with Crippen molar-refractivity contribution in [2.45, 2.75) is 39.2 Å². The fraction of sp³-hybridized carbons (Fsp3) is 0.435. The van der Waals surface area contributed by atoms with Gasteiger partial charge in [0.25, 0.3) is 0 Å². The van der Waals surface area contributed by atoms with Gasteiger partial charge in [-0.1, -0.05) is 37.3 Å². The van der Waals surface area contributed by atoms with Crippen molar-refractivity contribution in [1.82, 2.24) is 5.32 Å². The summed E-state index contributed by atoms with van der Waals surface area (Å²) in [7, 11) is 0. The molecule has 1 aliphatic rings. The Labute approximate surface area is 163 Å². The second kappa shape index (κ2) is 9.56. The standard InChI is InChI=1S/C23H31N3O/c1-18-13-16-26(17-14-18)22-10-8-21(9-11-22)25-23(27)12-15-24-19(2)20-6-4-3-5-7-20/h3-11,18-19,24H,12-17H2,1-2H3,(H,25,27). The Morgan fingerprint density at radius 3 is 2.41 bits per heavy atom. The first kappa shape index (κ1) is 19.4. The lowest BCUT2D eigenvalue weighted by molar-refractivity contribution is -0.116. The van der Waals surface area contributed by atoms with Gasteiger partial charge in [0.05, 0.1) is 0 Å². The highest BCUT2D eigenvalue weighted by atomic mass is 16.1. The fourth-order valence-electron chi connectivity index (χ4n) is 3.51. The predicted molar refractivity (Wildman–Crippen MR) is 113 cm³/mol. The minimum Gasteiger partial charge on any atom is -0.372 e. The van der Waals surface area contributed by atoms with Crippen LogP contribution in [0, 0.1) is 5.92 Å². The van der Waals surface area contributed by atoms with E-state index >= 15 is 0 Å². The predicted octanol–water partition coefficient (Wildman–Crippen LogP) is 4.60. The van der Waals surface area contributed by atoms with E-state index < -0.39 is 0 Å². The molecule has 0 aliphatic carbocycles. The summed E-state index contributed by atoms with van der Waals surface area (Å²) in [6, 6.07) is 18.8. The van der Waals surface area contributed by atoms with Crippen LogP contribution in [0.2, 0.25) is 0 Å². The molecular weight excluding hydrogens is 334 g/mol. The normalized spacial score (nSPS) is 16.1. The number of anilines is 2. The fourth-order valence-corrected chi connectivity index (χ4v) is 3.51. The number of amides is 1. The van der Waals surface area contributed by atoms with E-state index in [0.717, 1.165) is 24.7 Å². The summed E-state index contributed by atoms with van der Waals surface area (Å²) >= 11 is 0. The average molecular weight is 366 g/mol. The van der Waals surface area contributed by atoms with Crippen LogP contribution in [0.25, 0.3) is 0 Å². The van der Waals surface area contributed by atoms with Crippen molar-refractivity contribution in [3.63, 3.8) is 0 Å². The molecule has 1 saturated heterocycles. The van der Waals surface area contributed by atoms with Gasteiger partial charge in [-0.25, -0.2) is 0 Å². The third-order valence-electron chi connectivity index (χ3n) is 5.40. The van der Waals surface area contributed by atoms with Crippen LogP contribution in [0.15, 0.2) is 54.6 Å². The van der Waals surface area contributed by atoms with Gasteiger partial charge in [-0.2, -0.15) is 0 Å². The molecule has 2 aromatic carbocycles. The van der Waals surface area contributed by atoms with Gasteiger partial charge in [-0.15, -0.1) is 0 Å². The number of hydrogen-bond acceptors (Lipinski definition) is 3. The van der Waals surface area contributed by atoms with Crippen LogP contribution in [0.1, 0.15) is 44.7 Å². The highest BCUT2D eigenvalue weighted by Crippen LogP contribution is 2.24. The zero-order chi connectivity index (χ0) is 19.1. The molecule has 1 amide bonds. The van der Waals surface area contributed by atoms with E-state index in [4.69, 9.17) is 0 Å². The van der Waals surface area contributed by atoms with E-state index in [1.54, 1.807) is 0 Å². The Bertz CT molecular complexity index is 706. The lowest BCUT2D eigenvalue weighted by Crippen LogP contribution is -2.32. The lowest BCUT2D eigenvalue weighted by atomic mass is 9.99. The van der Waals surface area contributed by atoms with Gasteiger partial charge < -0.3 is 15.5 Å². The van der Waals surface area contributed by atoms with Gasteiger partial charge in [-0.05, 0) is 55.5 Å². The van der Waals surface area contributed by atoms with Gasteiger partial charge in [0.15, 0.2) is 0 Å². The number of hydrogen-bond donors (Lipinski definition) is 2. The van der Waals surface area contributed by atoms with E-state index in [-0.39, 0.29) is 11.9 Å². The maximum Gasteiger partial charge on any atom is 0.225 e. The van der Waals surface area contributed by atoms with E-state index in [9.17, 15) is 4.79 Å². The number of rotatable bonds is 7. The van der Waals surface area contributed by atoms with E-state index in [1.807, 2.05) is 30.3 Å². The minimum absolute atomic E-state index is 0.0438. The monoisotopic (exact) mass is 365 g/mol. The summed E-state index contributed by atoms with van der Waals surface area (Å²) in [5.74, 6) is 0.875. The van der Waals surface area contributed by atoms with Crippen molar-refractivity contribution in [2.24, 2.45) is 5.92 Å². The van der Waals surface area contributed by atoms with Crippen molar-refractivity contribution >= 4 is 17.3 Å². The average Bonchev–Trinajstić information content (AvgIpc) is 2.70. The Balaban J connectivity index is 1.41. The molecule has 2 N–H and O–H groups in total. The molecule has 4 heteroatoms. The van der Waals surface area contributed by atoms with Crippen LogP contribution in [-0.2, 0) is 4.79 Å². The summed E-state index contributed by atoms with van der Waals surface area (Å²) in [5.41, 5.74) is 3.35. The molecule has 1 fully saturated rings. The SMILES string of the molecule is CC1CCN(c2ccc(NC(=O)CCNC(C)c3ccccc3)cc2)CC1. The van der Waals surface area contributed by atoms with E-state index in [1.165, 1.54) is 24.1 Å². The molecule has 4 nitrogen and oxygen atoms in total. The molecular formula is C23H31N3O. The summed E-state index contributed by atoms with van der Waals surface area (Å²) in [5, 5.41) is 6.40. The third kappa shape index (κ3) is 5.83. The van der Waals surface area contributed by atoms with Crippen molar-refractivity contribution in [3.05, 3.63) is 60.2 Å². The maximum atomic E-state index is 12.2. The second-order valence-corrected chi connectivity index (χ2v) is 7.60. The molecule has 1 aliphatic heterocycles. The molecule has 27 heavy (non-hydrogen) atoms. The van der Waals surface area contributed by atoms with Gasteiger partial charge in [0.1, 0.15) is 0 Å².